The topological polar surface area (TPSA) is 73.3 Å². The largest absolute Gasteiger partial charge is 0.391 e. The van der Waals surface area contributed by atoms with Gasteiger partial charge >= 0.3 is 0 Å². The zero-order valence-electron chi connectivity index (χ0n) is 14.8. The highest BCUT2D eigenvalue weighted by Gasteiger charge is 2.35. The molecule has 0 aromatic rings. The summed E-state index contributed by atoms with van der Waals surface area (Å²) in [5.74, 6) is -0.119. The molecule has 7 nitrogen and oxygen atoms in total. The highest BCUT2D eigenvalue weighted by molar-refractivity contribution is 5.88. The summed E-state index contributed by atoms with van der Waals surface area (Å²) in [5, 5.41) is 10.2. The van der Waals surface area contributed by atoms with Crippen LogP contribution >= 0.6 is 0 Å². The van der Waals surface area contributed by atoms with Gasteiger partial charge in [-0.1, -0.05) is 6.08 Å². The number of amides is 2. The van der Waals surface area contributed by atoms with Gasteiger partial charge in [0.2, 0.25) is 11.8 Å². The third-order valence-electron chi connectivity index (χ3n) is 5.34. The van der Waals surface area contributed by atoms with Crippen LogP contribution in [0.25, 0.3) is 0 Å². The molecular weight excluding hydrogens is 322 g/mol. The van der Waals surface area contributed by atoms with E-state index in [0.29, 0.717) is 19.5 Å². The molecule has 3 aliphatic rings. The minimum absolute atomic E-state index is 0.0802. The van der Waals surface area contributed by atoms with Crippen molar-refractivity contribution in [2.45, 2.75) is 25.4 Å². The van der Waals surface area contributed by atoms with Gasteiger partial charge in [-0.05, 0) is 12.8 Å². The van der Waals surface area contributed by atoms with Crippen molar-refractivity contribution >= 4 is 11.8 Å². The summed E-state index contributed by atoms with van der Waals surface area (Å²) in [5.41, 5.74) is 0. The van der Waals surface area contributed by atoms with Crippen LogP contribution in [0.3, 0.4) is 0 Å². The number of carbonyl (C=O) groups excluding carboxylic acids is 2. The molecule has 3 saturated heterocycles. The van der Waals surface area contributed by atoms with Crippen LogP contribution in [0.4, 0.5) is 0 Å². The van der Waals surface area contributed by atoms with Crippen molar-refractivity contribution in [3.05, 3.63) is 12.2 Å². The Balaban J connectivity index is 1.43. The molecule has 0 radical (unpaired) electrons. The van der Waals surface area contributed by atoms with E-state index in [2.05, 4.69) is 4.90 Å². The number of carbonyl (C=O) groups is 2. The van der Waals surface area contributed by atoms with E-state index in [1.807, 2.05) is 11.0 Å². The molecule has 25 heavy (non-hydrogen) atoms. The molecule has 2 atom stereocenters. The number of aliphatic hydroxyl groups is 1. The van der Waals surface area contributed by atoms with Gasteiger partial charge in [-0.2, -0.15) is 0 Å². The fraction of sp³-hybridized carbons (Fsp3) is 0.778. The van der Waals surface area contributed by atoms with Crippen molar-refractivity contribution in [1.82, 2.24) is 14.7 Å². The molecule has 0 bridgehead atoms. The zero-order chi connectivity index (χ0) is 17.6. The molecule has 0 aromatic heterocycles. The number of ether oxygens (including phenoxy) is 1. The van der Waals surface area contributed by atoms with Crippen LogP contribution in [0.15, 0.2) is 12.2 Å². The van der Waals surface area contributed by atoms with Gasteiger partial charge in [0.1, 0.15) is 0 Å². The Kier molecular flexibility index (Phi) is 6.45. The Labute approximate surface area is 149 Å². The molecule has 0 spiro atoms. The molecule has 3 rings (SSSR count). The second-order valence-electron chi connectivity index (χ2n) is 7.18. The highest BCUT2D eigenvalue weighted by Crippen LogP contribution is 2.22. The monoisotopic (exact) mass is 351 g/mol. The van der Waals surface area contributed by atoms with E-state index in [4.69, 9.17) is 4.74 Å². The maximum Gasteiger partial charge on any atom is 0.246 e. The molecule has 3 aliphatic heterocycles. The number of hydrogen-bond donors (Lipinski definition) is 1. The van der Waals surface area contributed by atoms with Gasteiger partial charge in [0, 0.05) is 64.2 Å². The summed E-state index contributed by atoms with van der Waals surface area (Å²) in [4.78, 5) is 30.3. The van der Waals surface area contributed by atoms with Crippen molar-refractivity contribution in [3.8, 4) is 0 Å². The first-order valence-electron chi connectivity index (χ1n) is 9.35. The second-order valence-corrected chi connectivity index (χ2v) is 7.18. The van der Waals surface area contributed by atoms with Crippen molar-refractivity contribution in [1.29, 1.82) is 0 Å². The molecule has 7 heteroatoms. The van der Waals surface area contributed by atoms with E-state index in [0.717, 1.165) is 58.8 Å². The molecule has 140 valence electrons. The van der Waals surface area contributed by atoms with Crippen molar-refractivity contribution in [2.75, 3.05) is 59.0 Å². The molecule has 3 fully saturated rings. The molecule has 1 N–H and O–H groups in total. The van der Waals surface area contributed by atoms with Gasteiger partial charge < -0.3 is 19.6 Å². The molecule has 2 amide bonds. The number of morpholine rings is 1. The number of hydrogen-bond acceptors (Lipinski definition) is 5. The minimum atomic E-state index is -0.608. The first-order valence-corrected chi connectivity index (χ1v) is 9.35. The first-order chi connectivity index (χ1) is 12.1. The van der Waals surface area contributed by atoms with Gasteiger partial charge in [-0.25, -0.2) is 0 Å². The minimum Gasteiger partial charge on any atom is -0.391 e. The maximum atomic E-state index is 12.3. The molecule has 0 saturated carbocycles. The standard InChI is InChI=1S/C18H29N3O4/c22-16-14-21(13-15(16)12-18(24)20-6-1-2-7-20)17(23)4-3-5-19-8-10-25-11-9-19/h3-4,15-16,22H,1-2,5-14H2/b4-3+/t15-,16-/m0/s1. The third kappa shape index (κ3) is 5.03. The lowest BCUT2D eigenvalue weighted by atomic mass is 10.0. The lowest BCUT2D eigenvalue weighted by molar-refractivity contribution is -0.132. The average molecular weight is 351 g/mol. The van der Waals surface area contributed by atoms with Gasteiger partial charge in [0.05, 0.1) is 19.3 Å². The Morgan fingerprint density at radius 3 is 2.48 bits per heavy atom. The highest BCUT2D eigenvalue weighted by atomic mass is 16.5. The quantitative estimate of drug-likeness (QED) is 0.689. The van der Waals surface area contributed by atoms with Gasteiger partial charge in [-0.15, -0.1) is 0 Å². The maximum absolute atomic E-state index is 12.3. The Morgan fingerprint density at radius 1 is 1.04 bits per heavy atom. The first kappa shape index (κ1) is 18.4. The number of aliphatic hydroxyl groups excluding tert-OH is 1. The van der Waals surface area contributed by atoms with Gasteiger partial charge in [0.25, 0.3) is 0 Å². The fourth-order valence-corrected chi connectivity index (χ4v) is 3.75. The van der Waals surface area contributed by atoms with Crippen LogP contribution in [0.2, 0.25) is 0 Å². The molecule has 0 unspecified atom stereocenters. The lowest BCUT2D eigenvalue weighted by Crippen LogP contribution is -2.36. The number of rotatable bonds is 5. The summed E-state index contributed by atoms with van der Waals surface area (Å²) < 4.78 is 5.30. The summed E-state index contributed by atoms with van der Waals surface area (Å²) in [6.45, 7) is 6.44. The zero-order valence-corrected chi connectivity index (χ0v) is 14.8. The number of nitrogens with zero attached hydrogens (tertiary/aromatic N) is 3. The van der Waals surface area contributed by atoms with Crippen LogP contribution in [0, 0.1) is 5.92 Å². The normalized spacial score (nSPS) is 28.2. The predicted molar refractivity (Wildman–Crippen MR) is 92.9 cm³/mol. The van der Waals surface area contributed by atoms with Crippen molar-refractivity contribution in [3.63, 3.8) is 0 Å². The van der Waals surface area contributed by atoms with Crippen molar-refractivity contribution in [2.24, 2.45) is 5.92 Å². The van der Waals surface area contributed by atoms with Crippen LogP contribution in [0.5, 0.6) is 0 Å². The van der Waals surface area contributed by atoms with E-state index in [9.17, 15) is 14.7 Å². The van der Waals surface area contributed by atoms with Crippen LogP contribution in [-0.2, 0) is 14.3 Å². The van der Waals surface area contributed by atoms with Crippen LogP contribution in [0.1, 0.15) is 19.3 Å². The SMILES string of the molecule is O=C(/C=C/CN1CCOCC1)N1C[C@H](CC(=O)N2CCCC2)[C@@H](O)C1. The summed E-state index contributed by atoms with van der Waals surface area (Å²) in [7, 11) is 0. The fourth-order valence-electron chi connectivity index (χ4n) is 3.75. The Morgan fingerprint density at radius 2 is 1.76 bits per heavy atom. The van der Waals surface area contributed by atoms with E-state index in [1.165, 1.54) is 0 Å². The average Bonchev–Trinajstić information content (AvgIpc) is 3.26. The summed E-state index contributed by atoms with van der Waals surface area (Å²) >= 11 is 0. The van der Waals surface area contributed by atoms with Gasteiger partial charge in [-0.3, -0.25) is 14.5 Å². The van der Waals surface area contributed by atoms with E-state index >= 15 is 0 Å². The predicted octanol–water partition coefficient (Wildman–Crippen LogP) is -0.293. The number of likely N-dealkylation sites (tertiary alicyclic amines) is 2. The Hall–Kier alpha value is -1.44. The summed E-state index contributed by atoms with van der Waals surface area (Å²) in [6.07, 6.45) is 5.33. The molecular formula is C18H29N3O4. The van der Waals surface area contributed by atoms with Crippen LogP contribution in [-0.4, -0.2) is 96.8 Å². The van der Waals surface area contributed by atoms with E-state index in [1.54, 1.807) is 11.0 Å². The number of β-amino-alcohol motifs (C(OH)–C–C–N with tert-alkyl or cyclic N) is 1. The lowest BCUT2D eigenvalue weighted by Gasteiger charge is -2.25. The smallest absolute Gasteiger partial charge is 0.246 e. The van der Waals surface area contributed by atoms with Crippen LogP contribution < -0.4 is 0 Å². The molecule has 3 heterocycles. The molecule has 0 aliphatic carbocycles. The molecule has 0 aromatic carbocycles. The van der Waals surface area contributed by atoms with E-state index in [-0.39, 0.29) is 17.7 Å². The second kappa shape index (κ2) is 8.78. The Bertz CT molecular complexity index is 499. The summed E-state index contributed by atoms with van der Waals surface area (Å²) in [6, 6.07) is 0. The third-order valence-corrected chi connectivity index (χ3v) is 5.34. The van der Waals surface area contributed by atoms with Gasteiger partial charge in [0.15, 0.2) is 0 Å². The van der Waals surface area contributed by atoms with E-state index < -0.39 is 6.10 Å². The van der Waals surface area contributed by atoms with Crippen molar-refractivity contribution < 1.29 is 19.4 Å².